The molecule has 27 heteroatoms. The molecule has 8 N–H and O–H groups in total. The highest BCUT2D eigenvalue weighted by atomic mass is 127. The molecule has 9 amide bonds. The zero-order valence-corrected chi connectivity index (χ0v) is 46.5. The van der Waals surface area contributed by atoms with Crippen molar-refractivity contribution in [1.82, 2.24) is 25.9 Å². The highest BCUT2D eigenvalue weighted by Crippen LogP contribution is 2.32. The van der Waals surface area contributed by atoms with Crippen LogP contribution in [0, 0.1) is 21.0 Å². The zero-order chi connectivity index (χ0) is 58.7. The lowest BCUT2D eigenvalue weighted by atomic mass is 10.0. The Kier molecular flexibility index (Phi) is 23.2. The molecule has 4 heterocycles. The molecule has 2 fully saturated rings. The van der Waals surface area contributed by atoms with Crippen molar-refractivity contribution in [2.24, 2.45) is 5.73 Å². The number of nitrogens with zero attached hydrogens (tertiary/aromatic N) is 2. The number of hydrogen-bond donors (Lipinski definition) is 7. The molecule has 2 saturated heterocycles. The quantitative estimate of drug-likeness (QED) is 0.0168. The molecule has 0 aromatic heterocycles. The Morgan fingerprint density at radius 3 is 1.59 bits per heavy atom. The second kappa shape index (κ2) is 30.6. The van der Waals surface area contributed by atoms with Gasteiger partial charge in [0.2, 0.25) is 23.6 Å². The van der Waals surface area contributed by atoms with E-state index in [2.05, 4.69) is 32.1 Å². The van der Waals surface area contributed by atoms with Crippen molar-refractivity contribution in [3.05, 3.63) is 116 Å². The molecule has 2 unspecified atom stereocenters. The standard InChI is InChI=1S/C36H37F3IN5O8.C19H24N4O6/c37-26-9-8-24(32(31(26)39)42-28-10-5-21(40)19-27(28)38)33(47)44-53-15-4-2-1-3-14-51-17-18-52-16-13-41-22-6-7-23-25(20-22)36(50)45(35(23)49)29-11-12-30(46)43-34(29)48;20-5-7-28-9-10-29-8-6-21-12-1-2-13-14(11-12)19(27)23(18(13)26)15-3-4-16(24)22-17(15)25/h5-10,19-20,29,41-42H,1-4,11-18H2,(H,44,47)(H,43,46,48);1-2,11,15,21H,3-10,20H2,(H,22,24,25). The predicted octanol–water partition coefficient (Wildman–Crippen LogP) is 4.71. The van der Waals surface area contributed by atoms with Crippen LogP contribution in [0.4, 0.5) is 35.9 Å². The summed E-state index contributed by atoms with van der Waals surface area (Å²) >= 11 is 1.91. The van der Waals surface area contributed by atoms with E-state index in [-0.39, 0.29) is 65.8 Å². The lowest BCUT2D eigenvalue weighted by molar-refractivity contribution is -0.137. The van der Waals surface area contributed by atoms with E-state index in [0.29, 0.717) is 93.9 Å². The second-order valence-corrected chi connectivity index (χ2v) is 20.0. The molecule has 23 nitrogen and oxygen atoms in total. The summed E-state index contributed by atoms with van der Waals surface area (Å²) in [5.74, 6) is -8.32. The van der Waals surface area contributed by atoms with Gasteiger partial charge in [0.1, 0.15) is 17.9 Å². The smallest absolute Gasteiger partial charge is 0.277 e. The van der Waals surface area contributed by atoms with Crippen LogP contribution < -0.4 is 37.8 Å². The van der Waals surface area contributed by atoms with Crippen molar-refractivity contribution >= 4 is 98.5 Å². The summed E-state index contributed by atoms with van der Waals surface area (Å²) in [6, 6.07) is 13.7. The Morgan fingerprint density at radius 1 is 0.573 bits per heavy atom. The summed E-state index contributed by atoms with van der Waals surface area (Å²) in [5.41, 5.74) is 8.82. The van der Waals surface area contributed by atoms with Crippen LogP contribution in [0.15, 0.2) is 66.7 Å². The van der Waals surface area contributed by atoms with E-state index in [0.717, 1.165) is 41.2 Å². The molecule has 0 aliphatic carbocycles. The number of carbonyl (C=O) groups excluding carboxylic acids is 9. The summed E-state index contributed by atoms with van der Waals surface area (Å²) in [6.45, 7) is 5.16. The van der Waals surface area contributed by atoms with Crippen LogP contribution in [0.5, 0.6) is 0 Å². The van der Waals surface area contributed by atoms with Crippen molar-refractivity contribution in [2.45, 2.75) is 63.5 Å². The van der Waals surface area contributed by atoms with Gasteiger partial charge in [-0.2, -0.15) is 0 Å². The van der Waals surface area contributed by atoms with Gasteiger partial charge in [-0.25, -0.2) is 18.7 Å². The number of hydroxylamine groups is 1. The monoisotopic (exact) mass is 1260 g/mol. The average molecular weight is 1260 g/mol. The number of amides is 9. The van der Waals surface area contributed by atoms with Crippen molar-refractivity contribution < 1.29 is 80.1 Å². The summed E-state index contributed by atoms with van der Waals surface area (Å²) in [5, 5.41) is 13.1. The SMILES string of the molecule is NCCOCCOCCNc1ccc2c(c1)C(=O)N(C1CCC(=O)NC1=O)C2=O.O=C1CCC(N2C(=O)c3ccc(NCCOCCOCCCCCCONC(=O)c4ccc(F)c(F)c4Nc4ccc(I)cc4F)cc3C2=O)C(=O)N1. The molecule has 0 saturated carbocycles. The van der Waals surface area contributed by atoms with Crippen LogP contribution in [0.3, 0.4) is 0 Å². The Balaban J connectivity index is 0.000000281. The molecule has 2 atom stereocenters. The first-order valence-electron chi connectivity index (χ1n) is 26.4. The van der Waals surface area contributed by atoms with Gasteiger partial charge >= 0.3 is 0 Å². The normalized spacial score (nSPS) is 16.6. The Morgan fingerprint density at radius 2 is 1.07 bits per heavy atom. The molecule has 8 rings (SSSR count). The zero-order valence-electron chi connectivity index (χ0n) is 44.3. The minimum atomic E-state index is -1.32. The van der Waals surface area contributed by atoms with Crippen molar-refractivity contribution in [2.75, 3.05) is 95.0 Å². The minimum absolute atomic E-state index is 0.0539. The van der Waals surface area contributed by atoms with Crippen LogP contribution in [0.1, 0.15) is 103 Å². The molecule has 4 aliphatic rings. The van der Waals surface area contributed by atoms with E-state index in [4.69, 9.17) is 29.5 Å². The van der Waals surface area contributed by atoms with Gasteiger partial charge in [0.05, 0.1) is 92.0 Å². The predicted molar refractivity (Wildman–Crippen MR) is 296 cm³/mol. The topological polar surface area (TPSA) is 304 Å². The largest absolute Gasteiger partial charge is 0.383 e. The van der Waals surface area contributed by atoms with E-state index in [1.807, 2.05) is 22.6 Å². The molecule has 82 heavy (non-hydrogen) atoms. The van der Waals surface area contributed by atoms with Crippen molar-refractivity contribution in [3.63, 3.8) is 0 Å². The minimum Gasteiger partial charge on any atom is -0.383 e. The lowest BCUT2D eigenvalue weighted by Crippen LogP contribution is -2.54. The van der Waals surface area contributed by atoms with Crippen LogP contribution in [-0.2, 0) is 43.0 Å². The highest BCUT2D eigenvalue weighted by Gasteiger charge is 2.46. The Hall–Kier alpha value is -7.41. The number of imide groups is 4. The van der Waals surface area contributed by atoms with Crippen LogP contribution in [0.2, 0.25) is 0 Å². The van der Waals surface area contributed by atoms with E-state index in [9.17, 15) is 56.3 Å². The summed E-state index contributed by atoms with van der Waals surface area (Å²) in [4.78, 5) is 118. The van der Waals surface area contributed by atoms with Gasteiger partial charge in [0, 0.05) is 54.0 Å². The number of piperidine rings is 2. The third-order valence-electron chi connectivity index (χ3n) is 13.0. The third kappa shape index (κ3) is 16.4. The number of hydrogen-bond acceptors (Lipinski definition) is 18. The number of halogens is 4. The molecule has 4 aromatic rings. The first-order chi connectivity index (χ1) is 39.6. The second-order valence-electron chi connectivity index (χ2n) is 18.7. The van der Waals surface area contributed by atoms with Gasteiger partial charge in [-0.3, -0.25) is 68.4 Å². The average Bonchev–Trinajstić information content (AvgIpc) is 3.02. The third-order valence-corrected chi connectivity index (χ3v) is 13.7. The molecule has 0 radical (unpaired) electrons. The van der Waals surface area contributed by atoms with E-state index < -0.39 is 88.4 Å². The van der Waals surface area contributed by atoms with Crippen LogP contribution in [-0.4, -0.2) is 154 Å². The number of nitrogens with two attached hydrogens (primary N) is 1. The van der Waals surface area contributed by atoms with Gasteiger partial charge in [-0.1, -0.05) is 12.8 Å². The highest BCUT2D eigenvalue weighted by molar-refractivity contribution is 14.1. The van der Waals surface area contributed by atoms with E-state index >= 15 is 0 Å². The van der Waals surface area contributed by atoms with Gasteiger partial charge < -0.3 is 40.6 Å². The van der Waals surface area contributed by atoms with Gasteiger partial charge in [0.15, 0.2) is 11.6 Å². The number of unbranched alkanes of at least 4 members (excludes halogenated alkanes) is 3. The Bertz CT molecular complexity index is 3050. The molecular weight excluding hydrogens is 1190 g/mol. The Labute approximate surface area is 482 Å². The number of carbonyl (C=O) groups is 9. The molecule has 4 aromatic carbocycles. The van der Waals surface area contributed by atoms with Crippen LogP contribution >= 0.6 is 22.6 Å². The number of rotatable bonds is 29. The molecule has 438 valence electrons. The number of fused-ring (bicyclic) bond motifs is 2. The number of benzene rings is 4. The first-order valence-corrected chi connectivity index (χ1v) is 27.5. The summed E-state index contributed by atoms with van der Waals surface area (Å²) < 4.78 is 65.2. The maximum Gasteiger partial charge on any atom is 0.277 e. The molecule has 0 spiro atoms. The van der Waals surface area contributed by atoms with E-state index in [1.54, 1.807) is 36.4 Å². The molecule has 0 bridgehead atoms. The summed E-state index contributed by atoms with van der Waals surface area (Å²) in [6.07, 6.45) is 3.44. The molecule has 4 aliphatic heterocycles. The number of anilines is 4. The number of nitrogens with one attached hydrogen (secondary N) is 6. The molecular formula is C55H61F3IN9O14. The first kappa shape index (κ1) is 62.2. The van der Waals surface area contributed by atoms with Gasteiger partial charge in [0.25, 0.3) is 29.5 Å². The maximum atomic E-state index is 14.6. The fourth-order valence-corrected chi connectivity index (χ4v) is 9.37. The van der Waals surface area contributed by atoms with Crippen molar-refractivity contribution in [3.8, 4) is 0 Å². The van der Waals surface area contributed by atoms with Gasteiger partial charge in [-0.15, -0.1) is 0 Å². The van der Waals surface area contributed by atoms with Gasteiger partial charge in [-0.05, 0) is 115 Å². The van der Waals surface area contributed by atoms with E-state index in [1.165, 1.54) is 18.2 Å². The fraction of sp³-hybridized carbons (Fsp3) is 0.400. The lowest BCUT2D eigenvalue weighted by Gasteiger charge is -2.27. The van der Waals surface area contributed by atoms with Crippen LogP contribution in [0.25, 0.3) is 0 Å². The maximum absolute atomic E-state index is 14.6. The fourth-order valence-electron chi connectivity index (χ4n) is 8.92. The number of ether oxygens (including phenoxy) is 4. The summed E-state index contributed by atoms with van der Waals surface area (Å²) in [7, 11) is 0. The van der Waals surface area contributed by atoms with Crippen molar-refractivity contribution in [1.29, 1.82) is 0 Å².